The number of carbonyl (C=O) groups is 3. The summed E-state index contributed by atoms with van der Waals surface area (Å²) in [5, 5.41) is 23.4. The van der Waals surface area contributed by atoms with E-state index < -0.39 is 41.2 Å². The van der Waals surface area contributed by atoms with Crippen LogP contribution >= 0.6 is 0 Å². The molecule has 1 unspecified atom stereocenters. The highest BCUT2D eigenvalue weighted by Crippen LogP contribution is 2.45. The van der Waals surface area contributed by atoms with Crippen LogP contribution in [0.5, 0.6) is 5.75 Å². The van der Waals surface area contributed by atoms with E-state index in [1.165, 1.54) is 0 Å². The van der Waals surface area contributed by atoms with Crippen molar-refractivity contribution in [2.45, 2.75) is 38.5 Å². The Hall–Kier alpha value is -2.63. The summed E-state index contributed by atoms with van der Waals surface area (Å²) in [5.41, 5.74) is -2.66. The lowest BCUT2D eigenvalue weighted by Gasteiger charge is -2.44. The molecule has 134 valence electrons. The minimum atomic E-state index is -2.02. The average Bonchev–Trinajstić information content (AvgIpc) is 2.60. The molecule has 0 aliphatic heterocycles. The van der Waals surface area contributed by atoms with Crippen molar-refractivity contribution in [1.82, 2.24) is 0 Å². The van der Waals surface area contributed by atoms with E-state index in [1.54, 1.807) is 30.3 Å². The predicted molar refractivity (Wildman–Crippen MR) is 84.9 cm³/mol. The number of hydrogen-bond acceptors (Lipinski definition) is 6. The number of hydrogen-bond donors (Lipinski definition) is 0. The lowest BCUT2D eigenvalue weighted by Crippen LogP contribution is -2.53. The number of para-hydroxylation sites is 1. The van der Waals surface area contributed by atoms with Gasteiger partial charge in [0.05, 0.1) is 18.4 Å². The first-order valence-electron chi connectivity index (χ1n) is 8.26. The molecule has 1 aromatic rings. The van der Waals surface area contributed by atoms with E-state index in [-0.39, 0.29) is 5.75 Å². The molecule has 6 nitrogen and oxygen atoms in total. The molecule has 1 saturated carbocycles. The van der Waals surface area contributed by atoms with Gasteiger partial charge in [-0.3, -0.25) is 4.79 Å². The number of carboxylic acids is 2. The Morgan fingerprint density at radius 3 is 2.20 bits per heavy atom. The highest BCUT2D eigenvalue weighted by Gasteiger charge is 2.45. The van der Waals surface area contributed by atoms with Gasteiger partial charge in [-0.25, -0.2) is 0 Å². The molecule has 0 aromatic heterocycles. The first kappa shape index (κ1) is 18.7. The molecule has 1 aliphatic carbocycles. The Labute approximate surface area is 146 Å². The summed E-state index contributed by atoms with van der Waals surface area (Å²) in [6.07, 6.45) is 2.77. The van der Waals surface area contributed by atoms with Crippen LogP contribution in [0.25, 0.3) is 0 Å². The Bertz CT molecular complexity index is 660. The molecule has 1 aliphatic rings. The second-order valence-electron chi connectivity index (χ2n) is 6.32. The van der Waals surface area contributed by atoms with Gasteiger partial charge in [0.25, 0.3) is 0 Å². The maximum absolute atomic E-state index is 12.3. The van der Waals surface area contributed by atoms with Crippen LogP contribution in [0.1, 0.15) is 38.5 Å². The smallest absolute Gasteiger partial charge is 0.312 e. The Balaban J connectivity index is 2.32. The quantitative estimate of drug-likeness (QED) is 0.407. The fourth-order valence-electron chi connectivity index (χ4n) is 3.52. The van der Waals surface area contributed by atoms with Crippen molar-refractivity contribution in [3.8, 4) is 5.75 Å². The van der Waals surface area contributed by atoms with Gasteiger partial charge < -0.3 is 24.5 Å². The highest BCUT2D eigenvalue weighted by atomic mass is 16.5. The van der Waals surface area contributed by atoms with Gasteiger partial charge in [0, 0.05) is 5.41 Å². The van der Waals surface area contributed by atoms with Crippen molar-refractivity contribution in [2.75, 3.05) is 0 Å². The summed E-state index contributed by atoms with van der Waals surface area (Å²) in [7, 11) is 0. The molecular weight excluding hydrogens is 324 g/mol. The summed E-state index contributed by atoms with van der Waals surface area (Å²) in [4.78, 5) is 35.7. The summed E-state index contributed by atoms with van der Waals surface area (Å²) in [6, 6.07) is 8.16. The van der Waals surface area contributed by atoms with Gasteiger partial charge >= 0.3 is 5.97 Å². The molecule has 6 heteroatoms. The molecule has 2 rings (SSSR count). The molecular formula is C19H20O6-2. The number of carbonyl (C=O) groups excluding carboxylic acids is 3. The van der Waals surface area contributed by atoms with Crippen LogP contribution in [-0.4, -0.2) is 17.9 Å². The zero-order valence-electron chi connectivity index (χ0n) is 13.9. The molecule has 25 heavy (non-hydrogen) atoms. The molecule has 1 fully saturated rings. The number of aliphatic carboxylic acids is 2. The molecule has 0 N–H and O–H groups in total. The number of benzene rings is 1. The van der Waals surface area contributed by atoms with Crippen molar-refractivity contribution in [3.05, 3.63) is 42.5 Å². The SMILES string of the molecule is C=C(C(=O)[O-])C(CC(=O)Oc1ccccc1)(C(=O)[O-])C1CCCCC1. The van der Waals surface area contributed by atoms with Gasteiger partial charge in [-0.2, -0.15) is 0 Å². The number of ether oxygens (including phenoxy) is 1. The van der Waals surface area contributed by atoms with Gasteiger partial charge in [0.15, 0.2) is 0 Å². The monoisotopic (exact) mass is 344 g/mol. The first-order chi connectivity index (χ1) is 11.9. The third kappa shape index (κ3) is 4.07. The van der Waals surface area contributed by atoms with Crippen LogP contribution in [0.4, 0.5) is 0 Å². The van der Waals surface area contributed by atoms with Crippen molar-refractivity contribution >= 4 is 17.9 Å². The van der Waals surface area contributed by atoms with Crippen LogP contribution in [0, 0.1) is 11.3 Å². The van der Waals surface area contributed by atoms with Gasteiger partial charge in [-0.05, 0) is 36.5 Å². The lowest BCUT2D eigenvalue weighted by molar-refractivity contribution is -0.325. The predicted octanol–water partition coefficient (Wildman–Crippen LogP) is 0.605. The minimum absolute atomic E-state index is 0.252. The van der Waals surface area contributed by atoms with Crippen LogP contribution < -0.4 is 14.9 Å². The normalized spacial score (nSPS) is 17.3. The molecule has 0 amide bonds. The summed E-state index contributed by atoms with van der Waals surface area (Å²) >= 11 is 0. The highest BCUT2D eigenvalue weighted by molar-refractivity contribution is 5.97. The number of rotatable bonds is 7. The van der Waals surface area contributed by atoms with Crippen LogP contribution in [0.2, 0.25) is 0 Å². The fraction of sp³-hybridized carbons (Fsp3) is 0.421. The van der Waals surface area contributed by atoms with E-state index in [0.717, 1.165) is 19.3 Å². The number of carboxylic acid groups (broad SMARTS) is 2. The standard InChI is InChI=1S/C19H22O6/c1-13(17(21)22)19(18(23)24,14-8-4-2-5-9-14)12-16(20)25-15-10-6-3-7-11-15/h3,6-7,10-11,14H,1-2,4-5,8-9,12H2,(H,21,22)(H,23,24)/p-2. The molecule has 0 saturated heterocycles. The van der Waals surface area contributed by atoms with Gasteiger partial charge in [-0.1, -0.05) is 44.0 Å². The summed E-state index contributed by atoms with van der Waals surface area (Å²) < 4.78 is 5.16. The van der Waals surface area contributed by atoms with E-state index in [2.05, 4.69) is 6.58 Å². The molecule has 1 aromatic carbocycles. The largest absolute Gasteiger partial charge is 0.549 e. The zero-order valence-corrected chi connectivity index (χ0v) is 13.9. The van der Waals surface area contributed by atoms with E-state index in [4.69, 9.17) is 4.74 Å². The van der Waals surface area contributed by atoms with Gasteiger partial charge in [-0.15, -0.1) is 0 Å². The fourth-order valence-corrected chi connectivity index (χ4v) is 3.52. The first-order valence-corrected chi connectivity index (χ1v) is 8.26. The van der Waals surface area contributed by atoms with E-state index in [0.29, 0.717) is 12.8 Å². The molecule has 0 heterocycles. The van der Waals surface area contributed by atoms with E-state index in [1.807, 2.05) is 0 Å². The van der Waals surface area contributed by atoms with E-state index in [9.17, 15) is 24.6 Å². The van der Waals surface area contributed by atoms with Crippen molar-refractivity contribution in [2.24, 2.45) is 11.3 Å². The van der Waals surface area contributed by atoms with Crippen molar-refractivity contribution < 1.29 is 29.3 Å². The summed E-state index contributed by atoms with van der Waals surface area (Å²) in [6.45, 7) is 3.39. The maximum Gasteiger partial charge on any atom is 0.312 e. The van der Waals surface area contributed by atoms with Crippen LogP contribution in [0.3, 0.4) is 0 Å². The summed E-state index contributed by atoms with van der Waals surface area (Å²) in [5.74, 6) is -4.47. The second kappa shape index (κ2) is 7.96. The lowest BCUT2D eigenvalue weighted by atomic mass is 9.63. The van der Waals surface area contributed by atoms with Crippen LogP contribution in [0.15, 0.2) is 42.5 Å². The maximum atomic E-state index is 12.3. The topological polar surface area (TPSA) is 107 Å². The van der Waals surface area contributed by atoms with Crippen molar-refractivity contribution in [3.63, 3.8) is 0 Å². The second-order valence-corrected chi connectivity index (χ2v) is 6.32. The molecule has 0 bridgehead atoms. The van der Waals surface area contributed by atoms with Gasteiger partial charge in [0.2, 0.25) is 0 Å². The van der Waals surface area contributed by atoms with E-state index >= 15 is 0 Å². The molecule has 0 spiro atoms. The minimum Gasteiger partial charge on any atom is -0.549 e. The van der Waals surface area contributed by atoms with Crippen LogP contribution in [-0.2, 0) is 14.4 Å². The zero-order chi connectivity index (χ0) is 18.4. The number of esters is 1. The third-order valence-electron chi connectivity index (χ3n) is 4.85. The van der Waals surface area contributed by atoms with Crippen molar-refractivity contribution in [1.29, 1.82) is 0 Å². The van der Waals surface area contributed by atoms with Gasteiger partial charge in [0.1, 0.15) is 5.75 Å². The Morgan fingerprint density at radius 2 is 1.68 bits per heavy atom. The molecule has 1 atom stereocenters. The Morgan fingerprint density at radius 1 is 1.08 bits per heavy atom. The third-order valence-corrected chi connectivity index (χ3v) is 4.85. The Kier molecular flexibility index (Phi) is 5.96. The molecule has 0 radical (unpaired) electrons. The average molecular weight is 344 g/mol.